The van der Waals surface area contributed by atoms with Gasteiger partial charge < -0.3 is 24.0 Å². The maximum atomic E-state index is 12.8. The third-order valence-corrected chi connectivity index (χ3v) is 5.97. The highest BCUT2D eigenvalue weighted by Crippen LogP contribution is 2.44. The first-order valence-corrected chi connectivity index (χ1v) is 10.6. The number of methoxy groups -OCH3 is 1. The zero-order valence-corrected chi connectivity index (χ0v) is 17.7. The molecule has 0 bridgehead atoms. The van der Waals surface area contributed by atoms with Crippen LogP contribution in [0.5, 0.6) is 5.75 Å². The molecular formula is C21H25N3O4S. The lowest BCUT2D eigenvalue weighted by Crippen LogP contribution is -2.36. The third kappa shape index (κ3) is 3.74. The average molecular weight is 416 g/mol. The molecule has 1 atom stereocenters. The lowest BCUT2D eigenvalue weighted by molar-refractivity contribution is -0.139. The Bertz CT molecular complexity index is 890. The first-order valence-electron chi connectivity index (χ1n) is 9.73. The number of fused-ring (bicyclic) bond motifs is 1. The minimum absolute atomic E-state index is 0.316. The summed E-state index contributed by atoms with van der Waals surface area (Å²) in [6.07, 6.45) is 1.95. The fourth-order valence-corrected chi connectivity index (χ4v) is 4.61. The van der Waals surface area contributed by atoms with Gasteiger partial charge in [0.05, 0.1) is 44.2 Å². The number of carbonyl (C=O) groups is 1. The van der Waals surface area contributed by atoms with Crippen LogP contribution in [0.4, 0.5) is 5.69 Å². The van der Waals surface area contributed by atoms with Gasteiger partial charge in [-0.2, -0.15) is 0 Å². The Morgan fingerprint density at radius 2 is 2.14 bits per heavy atom. The standard InChI is InChI=1S/C21H25N3O4S/c1-4-28-20(25)18-14(2)22-21-24(9-12-29-21)19(18)16-6-5-15(13-17(16)26-3)23-7-10-27-11-8-23/h5-6,9,12-13,19H,4,7-8,10-11H2,1-3H3/t19-/m0/s1. The Morgan fingerprint density at radius 3 is 2.86 bits per heavy atom. The molecule has 29 heavy (non-hydrogen) atoms. The van der Waals surface area contributed by atoms with Crippen LogP contribution >= 0.6 is 11.8 Å². The topological polar surface area (TPSA) is 63.6 Å². The number of amidine groups is 1. The molecule has 0 radical (unpaired) electrons. The Kier molecular flexibility index (Phi) is 5.82. The zero-order chi connectivity index (χ0) is 20.4. The van der Waals surface area contributed by atoms with E-state index < -0.39 is 0 Å². The molecule has 3 aliphatic rings. The smallest absolute Gasteiger partial charge is 0.338 e. The predicted octanol–water partition coefficient (Wildman–Crippen LogP) is 3.30. The summed E-state index contributed by atoms with van der Waals surface area (Å²) < 4.78 is 16.6. The van der Waals surface area contributed by atoms with E-state index >= 15 is 0 Å². The maximum absolute atomic E-state index is 12.8. The monoisotopic (exact) mass is 415 g/mol. The van der Waals surface area contributed by atoms with E-state index in [-0.39, 0.29) is 12.0 Å². The quantitative estimate of drug-likeness (QED) is 0.684. The highest BCUT2D eigenvalue weighted by molar-refractivity contribution is 8.16. The number of hydrogen-bond acceptors (Lipinski definition) is 8. The normalized spacial score (nSPS) is 21.2. The second-order valence-corrected chi connectivity index (χ2v) is 7.73. The number of morpholine rings is 1. The number of hydrogen-bond donors (Lipinski definition) is 0. The molecule has 7 nitrogen and oxygen atoms in total. The van der Waals surface area contributed by atoms with E-state index in [2.05, 4.69) is 16.0 Å². The minimum atomic E-state index is -0.346. The molecule has 1 saturated heterocycles. The van der Waals surface area contributed by atoms with E-state index in [4.69, 9.17) is 14.2 Å². The van der Waals surface area contributed by atoms with Crippen LogP contribution < -0.4 is 9.64 Å². The molecule has 3 heterocycles. The molecule has 0 aromatic heterocycles. The van der Waals surface area contributed by atoms with Gasteiger partial charge in [0.25, 0.3) is 0 Å². The first kappa shape index (κ1) is 19.8. The molecule has 1 aromatic carbocycles. The van der Waals surface area contributed by atoms with E-state index in [1.54, 1.807) is 18.9 Å². The molecule has 0 amide bonds. The summed E-state index contributed by atoms with van der Waals surface area (Å²) >= 11 is 1.54. The molecule has 154 valence electrons. The van der Waals surface area contributed by atoms with E-state index in [0.29, 0.717) is 17.9 Å². The summed E-state index contributed by atoms with van der Waals surface area (Å²) in [4.78, 5) is 21.7. The molecule has 0 N–H and O–H groups in total. The van der Waals surface area contributed by atoms with Gasteiger partial charge in [-0.05, 0) is 25.3 Å². The number of esters is 1. The summed E-state index contributed by atoms with van der Waals surface area (Å²) in [5.74, 6) is 0.391. The molecule has 1 aromatic rings. The third-order valence-electron chi connectivity index (χ3n) is 5.20. The van der Waals surface area contributed by atoms with Gasteiger partial charge in [-0.1, -0.05) is 17.8 Å². The number of aliphatic imine (C=N–C) groups is 1. The fourth-order valence-electron chi connectivity index (χ4n) is 3.82. The lowest BCUT2D eigenvalue weighted by atomic mass is 9.93. The van der Waals surface area contributed by atoms with Gasteiger partial charge in [0.15, 0.2) is 5.17 Å². The second kappa shape index (κ2) is 8.51. The van der Waals surface area contributed by atoms with Crippen LogP contribution in [0.25, 0.3) is 0 Å². The van der Waals surface area contributed by atoms with Gasteiger partial charge in [0.2, 0.25) is 0 Å². The number of nitrogens with zero attached hydrogens (tertiary/aromatic N) is 3. The van der Waals surface area contributed by atoms with Crippen molar-refractivity contribution in [3.8, 4) is 5.75 Å². The van der Waals surface area contributed by atoms with Crippen LogP contribution in [0, 0.1) is 0 Å². The Labute approximate surface area is 175 Å². The van der Waals surface area contributed by atoms with Gasteiger partial charge >= 0.3 is 5.97 Å². The summed E-state index contributed by atoms with van der Waals surface area (Å²) in [7, 11) is 1.66. The van der Waals surface area contributed by atoms with Gasteiger partial charge in [-0.15, -0.1) is 0 Å². The van der Waals surface area contributed by atoms with Gasteiger partial charge in [-0.3, -0.25) is 0 Å². The maximum Gasteiger partial charge on any atom is 0.338 e. The van der Waals surface area contributed by atoms with Crippen molar-refractivity contribution in [3.63, 3.8) is 0 Å². The largest absolute Gasteiger partial charge is 0.496 e. The zero-order valence-electron chi connectivity index (χ0n) is 16.9. The summed E-state index contributed by atoms with van der Waals surface area (Å²) in [6, 6.07) is 5.82. The average Bonchev–Trinajstić information content (AvgIpc) is 3.21. The number of ether oxygens (including phenoxy) is 3. The number of rotatable bonds is 5. The van der Waals surface area contributed by atoms with Crippen molar-refractivity contribution in [3.05, 3.63) is 46.6 Å². The van der Waals surface area contributed by atoms with E-state index in [1.807, 2.05) is 42.5 Å². The van der Waals surface area contributed by atoms with E-state index in [9.17, 15) is 4.79 Å². The number of allylic oxidation sites excluding steroid dienone is 1. The van der Waals surface area contributed by atoms with Crippen LogP contribution in [-0.4, -0.2) is 56.1 Å². The van der Waals surface area contributed by atoms with Gasteiger partial charge in [0.1, 0.15) is 5.75 Å². The molecule has 0 unspecified atom stereocenters. The first-order chi connectivity index (χ1) is 14.1. The predicted molar refractivity (Wildman–Crippen MR) is 114 cm³/mol. The lowest BCUT2D eigenvalue weighted by Gasteiger charge is -2.35. The molecule has 1 fully saturated rings. The summed E-state index contributed by atoms with van der Waals surface area (Å²) in [5, 5.41) is 2.82. The Balaban J connectivity index is 1.76. The van der Waals surface area contributed by atoms with Crippen LogP contribution in [0.1, 0.15) is 25.5 Å². The summed E-state index contributed by atoms with van der Waals surface area (Å²) in [5.41, 5.74) is 3.21. The van der Waals surface area contributed by atoms with Crippen LogP contribution in [0.15, 0.2) is 46.1 Å². The van der Waals surface area contributed by atoms with Crippen molar-refractivity contribution in [1.82, 2.24) is 4.90 Å². The molecule has 8 heteroatoms. The van der Waals surface area contributed by atoms with Crippen molar-refractivity contribution in [2.24, 2.45) is 4.99 Å². The van der Waals surface area contributed by atoms with Crippen LogP contribution in [0.2, 0.25) is 0 Å². The SMILES string of the molecule is CCOC(=O)C1=C(C)N=C2SC=CN2[C@H]1c1ccc(N2CCOCC2)cc1OC. The molecule has 3 aliphatic heterocycles. The molecule has 0 aliphatic carbocycles. The minimum Gasteiger partial charge on any atom is -0.496 e. The second-order valence-electron chi connectivity index (χ2n) is 6.85. The fraction of sp³-hybridized carbons (Fsp3) is 0.429. The van der Waals surface area contributed by atoms with Gasteiger partial charge in [-0.25, -0.2) is 9.79 Å². The molecule has 4 rings (SSSR count). The Hall–Kier alpha value is -2.45. The van der Waals surface area contributed by atoms with Gasteiger partial charge in [0, 0.05) is 36.6 Å². The number of carbonyl (C=O) groups excluding carboxylic acids is 1. The van der Waals surface area contributed by atoms with Crippen molar-refractivity contribution in [2.45, 2.75) is 19.9 Å². The molecule has 0 saturated carbocycles. The summed E-state index contributed by atoms with van der Waals surface area (Å²) in [6.45, 7) is 7.12. The number of benzene rings is 1. The number of thioether (sulfide) groups is 1. The highest BCUT2D eigenvalue weighted by atomic mass is 32.2. The van der Waals surface area contributed by atoms with Crippen molar-refractivity contribution in [2.75, 3.05) is 44.9 Å². The van der Waals surface area contributed by atoms with Crippen LogP contribution in [-0.2, 0) is 14.3 Å². The number of anilines is 1. The van der Waals surface area contributed by atoms with Crippen molar-refractivity contribution >= 4 is 28.6 Å². The van der Waals surface area contributed by atoms with Crippen molar-refractivity contribution < 1.29 is 19.0 Å². The van der Waals surface area contributed by atoms with Crippen molar-refractivity contribution in [1.29, 1.82) is 0 Å². The Morgan fingerprint density at radius 1 is 1.34 bits per heavy atom. The van der Waals surface area contributed by atoms with E-state index in [1.165, 1.54) is 0 Å². The molecule has 0 spiro atoms. The highest BCUT2D eigenvalue weighted by Gasteiger charge is 2.39. The van der Waals surface area contributed by atoms with E-state index in [0.717, 1.165) is 48.5 Å². The van der Waals surface area contributed by atoms with Crippen LogP contribution in [0.3, 0.4) is 0 Å². The molecular weight excluding hydrogens is 390 g/mol.